The average Bonchev–Trinajstić information content (AvgIpc) is 3.46. The minimum Gasteiger partial charge on any atom is -0.349 e. The summed E-state index contributed by atoms with van der Waals surface area (Å²) in [6.07, 6.45) is 3.48. The van der Waals surface area contributed by atoms with Crippen LogP contribution in [0.5, 0.6) is 0 Å². The Labute approximate surface area is 226 Å². The number of amides is 4. The van der Waals surface area contributed by atoms with Crippen molar-refractivity contribution in [2.24, 2.45) is 11.3 Å². The van der Waals surface area contributed by atoms with E-state index in [9.17, 15) is 19.2 Å². The first-order chi connectivity index (χ1) is 17.9. The van der Waals surface area contributed by atoms with Gasteiger partial charge in [0.15, 0.2) is 0 Å². The van der Waals surface area contributed by atoms with Crippen LogP contribution in [0.1, 0.15) is 71.0 Å². The van der Waals surface area contributed by atoms with E-state index in [1.165, 1.54) is 12.5 Å². The molecule has 2 fully saturated rings. The van der Waals surface area contributed by atoms with Crippen molar-refractivity contribution in [3.8, 4) is 0 Å². The highest BCUT2D eigenvalue weighted by molar-refractivity contribution is 5.91. The predicted molar refractivity (Wildman–Crippen MR) is 145 cm³/mol. The Morgan fingerprint density at radius 2 is 1.76 bits per heavy atom. The minimum atomic E-state index is -0.759. The van der Waals surface area contributed by atoms with Crippen LogP contribution in [0.15, 0.2) is 24.3 Å². The maximum absolute atomic E-state index is 14.0. The van der Waals surface area contributed by atoms with Crippen LogP contribution in [-0.2, 0) is 25.6 Å². The van der Waals surface area contributed by atoms with Crippen molar-refractivity contribution in [2.75, 3.05) is 20.1 Å². The predicted octanol–water partition coefficient (Wildman–Crippen LogP) is 1.77. The summed E-state index contributed by atoms with van der Waals surface area (Å²) in [7, 11) is 1.70. The molecule has 1 aliphatic carbocycles. The van der Waals surface area contributed by atoms with E-state index < -0.39 is 29.5 Å². The van der Waals surface area contributed by atoms with Gasteiger partial charge in [-0.1, -0.05) is 45.0 Å². The summed E-state index contributed by atoms with van der Waals surface area (Å²) in [6.45, 7) is 9.78. The fourth-order valence-corrected chi connectivity index (χ4v) is 6.33. The summed E-state index contributed by atoms with van der Waals surface area (Å²) in [5.74, 6) is -1.19. The normalized spacial score (nSPS) is 26.3. The van der Waals surface area contributed by atoms with Gasteiger partial charge >= 0.3 is 0 Å². The molecule has 1 aromatic rings. The maximum Gasteiger partial charge on any atom is 0.246 e. The van der Waals surface area contributed by atoms with Gasteiger partial charge < -0.3 is 25.8 Å². The molecule has 38 heavy (non-hydrogen) atoms. The molecular formula is C29H43N5O4. The maximum atomic E-state index is 14.0. The Morgan fingerprint density at radius 3 is 2.42 bits per heavy atom. The van der Waals surface area contributed by atoms with E-state index in [0.29, 0.717) is 13.0 Å². The smallest absolute Gasteiger partial charge is 0.246 e. The van der Waals surface area contributed by atoms with Crippen molar-refractivity contribution >= 4 is 23.6 Å². The van der Waals surface area contributed by atoms with Crippen LogP contribution in [-0.4, -0.2) is 77.7 Å². The molecule has 0 saturated carbocycles. The quantitative estimate of drug-likeness (QED) is 0.524. The molecule has 1 aromatic carbocycles. The molecule has 6 atom stereocenters. The lowest BCUT2D eigenvalue weighted by Gasteiger charge is -2.37. The number of fused-ring (bicyclic) bond motifs is 2. The van der Waals surface area contributed by atoms with Gasteiger partial charge in [-0.2, -0.15) is 0 Å². The lowest BCUT2D eigenvalue weighted by Crippen LogP contribution is -2.59. The molecule has 2 heterocycles. The Kier molecular flexibility index (Phi) is 8.16. The van der Waals surface area contributed by atoms with Crippen LogP contribution in [0.25, 0.3) is 0 Å². The van der Waals surface area contributed by atoms with Crippen LogP contribution in [0, 0.1) is 11.3 Å². The number of hydrogen-bond donors (Lipinski definition) is 3. The first-order valence-corrected chi connectivity index (χ1v) is 13.9. The van der Waals surface area contributed by atoms with E-state index in [4.69, 9.17) is 0 Å². The van der Waals surface area contributed by atoms with Gasteiger partial charge in [-0.3, -0.25) is 19.2 Å². The van der Waals surface area contributed by atoms with E-state index in [0.717, 1.165) is 24.8 Å². The summed E-state index contributed by atoms with van der Waals surface area (Å²) in [5, 5.41) is 9.13. The number of likely N-dealkylation sites (N-methyl/N-ethyl adjacent to an activating group) is 1. The van der Waals surface area contributed by atoms with Crippen molar-refractivity contribution in [2.45, 2.75) is 90.5 Å². The summed E-state index contributed by atoms with van der Waals surface area (Å²) in [4.78, 5) is 56.7. The second kappa shape index (κ2) is 11.0. The van der Waals surface area contributed by atoms with Gasteiger partial charge in [0.25, 0.3) is 0 Å². The van der Waals surface area contributed by atoms with Crippen LogP contribution < -0.4 is 16.0 Å². The summed E-state index contributed by atoms with van der Waals surface area (Å²) in [5.41, 5.74) is 1.87. The topological polar surface area (TPSA) is 111 Å². The Morgan fingerprint density at radius 1 is 1.05 bits per heavy atom. The number of carbonyl (C=O) groups is 4. The highest BCUT2D eigenvalue weighted by atomic mass is 16.2. The molecule has 0 aromatic heterocycles. The Balaban J connectivity index is 1.59. The molecular weight excluding hydrogens is 482 g/mol. The monoisotopic (exact) mass is 525 g/mol. The van der Waals surface area contributed by atoms with Crippen molar-refractivity contribution < 1.29 is 19.2 Å². The standard InChI is InChI=1S/C29H43N5O4/c1-17(30-6)26(36)32-25(29(3,4)5)28(38)33-15-14-23-24(33)21(16-34(23)18(2)35)27(37)31-22-13-9-11-19-10-7-8-12-20(19)22/h7-8,10,12,17,21-25,30H,9,11,13-16H2,1-6H3,(H,31,37)(H,32,36)/t17-,21-,22?,23+,24+,25?/m0/s1. The molecule has 2 saturated heterocycles. The number of rotatable bonds is 6. The molecule has 0 radical (unpaired) electrons. The second-order valence-corrected chi connectivity index (χ2v) is 12.1. The van der Waals surface area contributed by atoms with E-state index >= 15 is 0 Å². The molecule has 2 unspecified atom stereocenters. The lowest BCUT2D eigenvalue weighted by atomic mass is 9.84. The average molecular weight is 526 g/mol. The third-order valence-corrected chi connectivity index (χ3v) is 8.56. The number of benzene rings is 1. The van der Waals surface area contributed by atoms with Gasteiger partial charge in [0.1, 0.15) is 6.04 Å². The van der Waals surface area contributed by atoms with Gasteiger partial charge in [0.05, 0.1) is 30.1 Å². The van der Waals surface area contributed by atoms with E-state index in [1.807, 2.05) is 32.9 Å². The Bertz CT molecular complexity index is 1080. The molecule has 0 bridgehead atoms. The zero-order valence-electron chi connectivity index (χ0n) is 23.5. The highest BCUT2D eigenvalue weighted by Crippen LogP contribution is 2.38. The zero-order chi connectivity index (χ0) is 27.8. The number of likely N-dealkylation sites (tertiary alicyclic amines) is 2. The number of carbonyl (C=O) groups excluding carboxylic acids is 4. The minimum absolute atomic E-state index is 0.0764. The summed E-state index contributed by atoms with van der Waals surface area (Å²) in [6, 6.07) is 6.30. The fourth-order valence-electron chi connectivity index (χ4n) is 6.33. The molecule has 3 aliphatic rings. The molecule has 4 amide bonds. The molecule has 9 nitrogen and oxygen atoms in total. The highest BCUT2D eigenvalue weighted by Gasteiger charge is 2.55. The first-order valence-electron chi connectivity index (χ1n) is 13.9. The number of nitrogens with one attached hydrogen (secondary N) is 3. The zero-order valence-corrected chi connectivity index (χ0v) is 23.5. The van der Waals surface area contributed by atoms with Crippen LogP contribution in [0.3, 0.4) is 0 Å². The van der Waals surface area contributed by atoms with Crippen molar-refractivity contribution in [3.63, 3.8) is 0 Å². The molecule has 208 valence electrons. The van der Waals surface area contributed by atoms with Gasteiger partial charge in [-0.15, -0.1) is 0 Å². The van der Waals surface area contributed by atoms with E-state index in [1.54, 1.807) is 23.8 Å². The summed E-state index contributed by atoms with van der Waals surface area (Å²) < 4.78 is 0. The molecule has 2 aliphatic heterocycles. The van der Waals surface area contributed by atoms with Gasteiger partial charge in [0.2, 0.25) is 23.6 Å². The van der Waals surface area contributed by atoms with E-state index in [-0.39, 0.29) is 42.3 Å². The molecule has 9 heteroatoms. The third kappa shape index (κ3) is 5.44. The van der Waals surface area contributed by atoms with Crippen molar-refractivity contribution in [3.05, 3.63) is 35.4 Å². The third-order valence-electron chi connectivity index (χ3n) is 8.56. The van der Waals surface area contributed by atoms with Gasteiger partial charge in [-0.05, 0) is 56.2 Å². The second-order valence-electron chi connectivity index (χ2n) is 12.1. The van der Waals surface area contributed by atoms with Crippen molar-refractivity contribution in [1.29, 1.82) is 0 Å². The van der Waals surface area contributed by atoms with Gasteiger partial charge in [-0.25, -0.2) is 0 Å². The largest absolute Gasteiger partial charge is 0.349 e. The molecule has 4 rings (SSSR count). The van der Waals surface area contributed by atoms with E-state index in [2.05, 4.69) is 28.1 Å². The SMILES string of the molecule is CN[C@@H](C)C(=O)NC(C(=O)N1CC[C@@H]2[C@H]1[C@@H](C(=O)NC1CCCc3ccccc31)CN2C(C)=O)C(C)(C)C. The van der Waals surface area contributed by atoms with Crippen LogP contribution in [0.2, 0.25) is 0 Å². The number of nitrogens with zero attached hydrogens (tertiary/aromatic N) is 2. The molecule has 0 spiro atoms. The fraction of sp³-hybridized carbons (Fsp3) is 0.655. The lowest BCUT2D eigenvalue weighted by molar-refractivity contribution is -0.142. The van der Waals surface area contributed by atoms with Crippen molar-refractivity contribution in [1.82, 2.24) is 25.8 Å². The number of hydrogen-bond acceptors (Lipinski definition) is 5. The number of aryl methyl sites for hydroxylation is 1. The first kappa shape index (κ1) is 28.1. The van der Waals surface area contributed by atoms with Gasteiger partial charge in [0, 0.05) is 20.0 Å². The van der Waals surface area contributed by atoms with Crippen LogP contribution in [0.4, 0.5) is 0 Å². The summed E-state index contributed by atoms with van der Waals surface area (Å²) >= 11 is 0. The Hall–Kier alpha value is -2.94. The molecule has 3 N–H and O–H groups in total. The van der Waals surface area contributed by atoms with Crippen LogP contribution >= 0.6 is 0 Å².